The number of nitrogens with two attached hydrogens (primary N) is 1. The summed E-state index contributed by atoms with van der Waals surface area (Å²) in [4.78, 5) is 16.7. The predicted octanol–water partition coefficient (Wildman–Crippen LogP) is 2.67. The zero-order valence-electron chi connectivity index (χ0n) is 12.5. The molecule has 1 aliphatic heterocycles. The minimum Gasteiger partial charge on any atom is -0.399 e. The van der Waals surface area contributed by atoms with E-state index in [1.165, 1.54) is 12.8 Å². The van der Waals surface area contributed by atoms with Gasteiger partial charge in [0.1, 0.15) is 0 Å². The van der Waals surface area contributed by atoms with E-state index in [9.17, 15) is 4.79 Å². The molecule has 1 saturated heterocycles. The molecule has 2 N–H and O–H groups in total. The van der Waals surface area contributed by atoms with Crippen molar-refractivity contribution < 1.29 is 4.79 Å². The number of hydrogen-bond donors (Lipinski definition) is 1. The smallest absolute Gasteiger partial charge is 0.253 e. The summed E-state index contributed by atoms with van der Waals surface area (Å²) < 4.78 is 0. The van der Waals surface area contributed by atoms with Crippen LogP contribution in [0.5, 0.6) is 0 Å². The molecule has 4 nitrogen and oxygen atoms in total. The van der Waals surface area contributed by atoms with E-state index < -0.39 is 0 Å². The van der Waals surface area contributed by atoms with Crippen molar-refractivity contribution in [3.8, 4) is 0 Å². The number of anilines is 1. The molecule has 0 unspecified atom stereocenters. The molecule has 1 fully saturated rings. The standard InChI is InChI=1S/C15H23N3O.2ClH/c1-2-3-8-17-9-11-18(12-10-17)15(19)13-4-6-14(16)7-5-13;;/h4-7H,2-3,8-12,16H2,1H3;2*1H. The van der Waals surface area contributed by atoms with E-state index in [-0.39, 0.29) is 30.7 Å². The van der Waals surface area contributed by atoms with Gasteiger partial charge in [0.25, 0.3) is 5.91 Å². The van der Waals surface area contributed by atoms with Crippen LogP contribution in [0.25, 0.3) is 0 Å². The first-order chi connectivity index (χ1) is 9.20. The summed E-state index contributed by atoms with van der Waals surface area (Å²) in [5.41, 5.74) is 7.07. The van der Waals surface area contributed by atoms with Crippen molar-refractivity contribution in [2.45, 2.75) is 19.8 Å². The lowest BCUT2D eigenvalue weighted by Crippen LogP contribution is -2.48. The first-order valence-electron chi connectivity index (χ1n) is 7.08. The van der Waals surface area contributed by atoms with Crippen LogP contribution in [0.2, 0.25) is 0 Å². The van der Waals surface area contributed by atoms with Crippen LogP contribution < -0.4 is 5.73 Å². The van der Waals surface area contributed by atoms with E-state index in [4.69, 9.17) is 5.73 Å². The first kappa shape index (κ1) is 20.0. The fourth-order valence-corrected chi connectivity index (χ4v) is 2.36. The van der Waals surface area contributed by atoms with Crippen LogP contribution in [0.4, 0.5) is 5.69 Å². The summed E-state index contributed by atoms with van der Waals surface area (Å²) in [6.45, 7) is 6.99. The molecule has 0 aliphatic carbocycles. The van der Waals surface area contributed by atoms with Crippen LogP contribution >= 0.6 is 24.8 Å². The second-order valence-electron chi connectivity index (χ2n) is 5.11. The van der Waals surface area contributed by atoms with Crippen molar-refractivity contribution in [2.75, 3.05) is 38.5 Å². The first-order valence-corrected chi connectivity index (χ1v) is 7.08. The van der Waals surface area contributed by atoms with Gasteiger partial charge in [0.05, 0.1) is 0 Å². The van der Waals surface area contributed by atoms with Crippen molar-refractivity contribution >= 4 is 36.4 Å². The zero-order chi connectivity index (χ0) is 13.7. The van der Waals surface area contributed by atoms with Crippen LogP contribution in [0.15, 0.2) is 24.3 Å². The second kappa shape index (κ2) is 9.87. The van der Waals surface area contributed by atoms with Crippen LogP contribution in [0.1, 0.15) is 30.1 Å². The van der Waals surface area contributed by atoms with Gasteiger partial charge in [0.15, 0.2) is 0 Å². The topological polar surface area (TPSA) is 49.6 Å². The molecule has 0 aromatic heterocycles. The third kappa shape index (κ3) is 5.73. The van der Waals surface area contributed by atoms with Gasteiger partial charge in [-0.1, -0.05) is 13.3 Å². The number of halogens is 2. The average molecular weight is 334 g/mol. The summed E-state index contributed by atoms with van der Waals surface area (Å²) >= 11 is 0. The summed E-state index contributed by atoms with van der Waals surface area (Å²) in [7, 11) is 0. The highest BCUT2D eigenvalue weighted by Gasteiger charge is 2.21. The fraction of sp³-hybridized carbons (Fsp3) is 0.533. The van der Waals surface area contributed by atoms with Crippen molar-refractivity contribution in [3.05, 3.63) is 29.8 Å². The van der Waals surface area contributed by atoms with Crippen LogP contribution in [0.3, 0.4) is 0 Å². The van der Waals surface area contributed by atoms with Crippen LogP contribution in [-0.2, 0) is 0 Å². The minimum atomic E-state index is 0. The van der Waals surface area contributed by atoms with Crippen molar-refractivity contribution in [1.29, 1.82) is 0 Å². The Hall–Kier alpha value is -0.970. The van der Waals surface area contributed by atoms with E-state index in [0.717, 1.165) is 38.3 Å². The largest absolute Gasteiger partial charge is 0.399 e. The second-order valence-corrected chi connectivity index (χ2v) is 5.11. The predicted molar refractivity (Wildman–Crippen MR) is 92.6 cm³/mol. The molecule has 120 valence electrons. The highest BCUT2D eigenvalue weighted by molar-refractivity contribution is 5.94. The molecule has 1 aliphatic rings. The van der Waals surface area contributed by atoms with E-state index in [2.05, 4.69) is 11.8 Å². The van der Waals surface area contributed by atoms with Crippen LogP contribution in [0, 0.1) is 0 Å². The maximum Gasteiger partial charge on any atom is 0.253 e. The molecule has 0 bridgehead atoms. The number of rotatable bonds is 4. The highest BCUT2D eigenvalue weighted by atomic mass is 35.5. The molecule has 1 amide bonds. The lowest BCUT2D eigenvalue weighted by Gasteiger charge is -2.34. The highest BCUT2D eigenvalue weighted by Crippen LogP contribution is 2.11. The number of benzene rings is 1. The Kier molecular flexibility index (Phi) is 9.42. The van der Waals surface area contributed by atoms with Gasteiger partial charge in [-0.3, -0.25) is 9.69 Å². The van der Waals surface area contributed by atoms with E-state index in [0.29, 0.717) is 5.69 Å². The maximum absolute atomic E-state index is 12.3. The van der Waals surface area contributed by atoms with Gasteiger partial charge in [-0.2, -0.15) is 0 Å². The molecular weight excluding hydrogens is 309 g/mol. The number of amides is 1. The van der Waals surface area contributed by atoms with Crippen molar-refractivity contribution in [2.24, 2.45) is 0 Å². The van der Waals surface area contributed by atoms with Gasteiger partial charge < -0.3 is 10.6 Å². The molecule has 2 rings (SSSR count). The van der Waals surface area contributed by atoms with E-state index >= 15 is 0 Å². The molecule has 6 heteroatoms. The monoisotopic (exact) mass is 333 g/mol. The summed E-state index contributed by atoms with van der Waals surface area (Å²) in [6, 6.07) is 7.18. The Bertz CT molecular complexity index is 417. The molecule has 21 heavy (non-hydrogen) atoms. The van der Waals surface area contributed by atoms with Gasteiger partial charge in [-0.05, 0) is 37.2 Å². The lowest BCUT2D eigenvalue weighted by molar-refractivity contribution is 0.0636. The molecule has 0 atom stereocenters. The van der Waals surface area contributed by atoms with Gasteiger partial charge in [-0.25, -0.2) is 0 Å². The minimum absolute atomic E-state index is 0. The molecular formula is C15H25Cl2N3O. The summed E-state index contributed by atoms with van der Waals surface area (Å²) in [5.74, 6) is 0.121. The number of carbonyl (C=O) groups is 1. The Morgan fingerprint density at radius 2 is 1.67 bits per heavy atom. The normalized spacial score (nSPS) is 15.0. The lowest BCUT2D eigenvalue weighted by atomic mass is 10.1. The quantitative estimate of drug-likeness (QED) is 0.862. The van der Waals surface area contributed by atoms with E-state index in [1.807, 2.05) is 4.90 Å². The Labute approximate surface area is 139 Å². The van der Waals surface area contributed by atoms with Gasteiger partial charge in [-0.15, -0.1) is 24.8 Å². The Morgan fingerprint density at radius 3 is 2.19 bits per heavy atom. The average Bonchev–Trinajstić information content (AvgIpc) is 2.46. The number of hydrogen-bond acceptors (Lipinski definition) is 3. The van der Waals surface area contributed by atoms with Crippen LogP contribution in [-0.4, -0.2) is 48.4 Å². The number of piperazine rings is 1. The number of carbonyl (C=O) groups excluding carboxylic acids is 1. The van der Waals surface area contributed by atoms with Gasteiger partial charge >= 0.3 is 0 Å². The van der Waals surface area contributed by atoms with Gasteiger partial charge in [0.2, 0.25) is 0 Å². The fourth-order valence-electron chi connectivity index (χ4n) is 2.36. The SMILES string of the molecule is CCCCN1CCN(C(=O)c2ccc(N)cc2)CC1.Cl.Cl. The number of nitrogens with zero attached hydrogens (tertiary/aromatic N) is 2. The third-order valence-electron chi connectivity index (χ3n) is 3.65. The Morgan fingerprint density at radius 1 is 1.10 bits per heavy atom. The van der Waals surface area contributed by atoms with Crippen molar-refractivity contribution in [1.82, 2.24) is 9.80 Å². The molecule has 1 aromatic carbocycles. The van der Waals surface area contributed by atoms with E-state index in [1.54, 1.807) is 24.3 Å². The third-order valence-corrected chi connectivity index (χ3v) is 3.65. The number of nitrogen functional groups attached to an aromatic ring is 1. The maximum atomic E-state index is 12.3. The molecule has 1 aromatic rings. The molecule has 0 spiro atoms. The molecule has 1 heterocycles. The zero-order valence-corrected chi connectivity index (χ0v) is 14.1. The summed E-state index contributed by atoms with van der Waals surface area (Å²) in [5, 5.41) is 0. The molecule has 0 radical (unpaired) electrons. The molecule has 0 saturated carbocycles. The Balaban J connectivity index is 0.00000200. The van der Waals surface area contributed by atoms with Crippen molar-refractivity contribution in [3.63, 3.8) is 0 Å². The number of unbranched alkanes of at least 4 members (excludes halogenated alkanes) is 1. The summed E-state index contributed by atoms with van der Waals surface area (Å²) in [6.07, 6.45) is 2.47. The van der Waals surface area contributed by atoms with Gasteiger partial charge in [0, 0.05) is 37.4 Å².